The lowest BCUT2D eigenvalue weighted by Crippen LogP contribution is -2.48. The van der Waals surface area contributed by atoms with Gasteiger partial charge in [0.25, 0.3) is 11.8 Å². The van der Waals surface area contributed by atoms with Crippen LogP contribution in [0, 0.1) is 11.3 Å². The third-order valence-corrected chi connectivity index (χ3v) is 7.77. The third-order valence-electron chi connectivity index (χ3n) is 7.77. The number of carbonyl (C=O) groups is 2. The van der Waals surface area contributed by atoms with E-state index in [4.69, 9.17) is 0 Å². The molecule has 0 saturated carbocycles. The van der Waals surface area contributed by atoms with E-state index in [-0.39, 0.29) is 17.7 Å². The van der Waals surface area contributed by atoms with E-state index in [9.17, 15) is 9.59 Å². The van der Waals surface area contributed by atoms with E-state index in [0.717, 1.165) is 24.9 Å². The summed E-state index contributed by atoms with van der Waals surface area (Å²) in [5, 5.41) is 3.49. The molecule has 1 fully saturated rings. The van der Waals surface area contributed by atoms with Crippen LogP contribution in [0.5, 0.6) is 0 Å². The Hall–Kier alpha value is -2.20. The van der Waals surface area contributed by atoms with Crippen LogP contribution in [-0.2, 0) is 16.1 Å². The maximum Gasteiger partial charge on any atom is 0.255 e. The van der Waals surface area contributed by atoms with Gasteiger partial charge in [0.15, 0.2) is 0 Å². The molecule has 192 valence electrons. The van der Waals surface area contributed by atoms with Crippen molar-refractivity contribution in [3.8, 4) is 0 Å². The molecule has 2 atom stereocenters. The van der Waals surface area contributed by atoms with Gasteiger partial charge in [-0.25, -0.2) is 10.0 Å². The average Bonchev–Trinajstić information content (AvgIpc) is 3.11. The summed E-state index contributed by atoms with van der Waals surface area (Å²) in [6.07, 6.45) is 23.9. The molecule has 1 aliphatic heterocycles. The molecule has 3 rings (SSSR count). The quantitative estimate of drug-likeness (QED) is 0.171. The van der Waals surface area contributed by atoms with E-state index in [1.54, 1.807) is 0 Å². The lowest BCUT2D eigenvalue weighted by atomic mass is 9.73. The van der Waals surface area contributed by atoms with Gasteiger partial charge < -0.3 is 0 Å². The summed E-state index contributed by atoms with van der Waals surface area (Å²) in [5.41, 5.74) is 0.399. The van der Waals surface area contributed by atoms with Gasteiger partial charge in [-0.05, 0) is 18.4 Å². The second-order valence-electron chi connectivity index (χ2n) is 10.3. The van der Waals surface area contributed by atoms with Crippen molar-refractivity contribution in [1.29, 1.82) is 0 Å². The number of rotatable bonds is 17. The predicted octanol–water partition coefficient (Wildman–Crippen LogP) is 7.61. The number of fused-ring (bicyclic) bond motifs is 1. The highest BCUT2D eigenvalue weighted by Crippen LogP contribution is 2.45. The first-order valence-corrected chi connectivity index (χ1v) is 14.2. The maximum absolute atomic E-state index is 13.6. The van der Waals surface area contributed by atoms with Gasteiger partial charge >= 0.3 is 0 Å². The Kier molecular flexibility index (Phi) is 11.3. The van der Waals surface area contributed by atoms with Gasteiger partial charge in [-0.3, -0.25) is 9.59 Å². The van der Waals surface area contributed by atoms with Gasteiger partial charge in [0.1, 0.15) is 0 Å². The minimum Gasteiger partial charge on any atom is -0.272 e. The second-order valence-corrected chi connectivity index (χ2v) is 10.3. The largest absolute Gasteiger partial charge is 0.272 e. The smallest absolute Gasteiger partial charge is 0.255 e. The van der Waals surface area contributed by atoms with Crippen molar-refractivity contribution in [2.24, 2.45) is 11.3 Å². The molecule has 1 heterocycles. The van der Waals surface area contributed by atoms with Crippen molar-refractivity contribution in [3.05, 3.63) is 60.2 Å². The van der Waals surface area contributed by atoms with E-state index in [0.29, 0.717) is 13.0 Å². The number of hydrogen-bond acceptors (Lipinski definition) is 3. The Morgan fingerprint density at radius 1 is 0.800 bits per heavy atom. The normalized spacial score (nSPS) is 21.3. The molecule has 2 amide bonds. The van der Waals surface area contributed by atoms with Crippen LogP contribution in [0.25, 0.3) is 0 Å². The number of hydrogen-bond donors (Lipinski definition) is 0. The first-order valence-electron chi connectivity index (χ1n) is 14.2. The highest BCUT2D eigenvalue weighted by molar-refractivity contribution is 6.09. The first kappa shape index (κ1) is 27.4. The number of nitrogens with zero attached hydrogens (tertiary/aromatic N) is 2. The lowest BCUT2D eigenvalue weighted by molar-refractivity contribution is -0.161. The SMILES string of the molecule is CCCCCCCCCCCCCCN(Cc1ccccc1)N1C(=O)C2C=CC=CC2(CC)C1=O. The zero-order chi connectivity index (χ0) is 24.9. The summed E-state index contributed by atoms with van der Waals surface area (Å²) in [4.78, 5) is 27.1. The number of allylic oxidation sites excluding steroid dienone is 2. The molecule has 1 aliphatic carbocycles. The van der Waals surface area contributed by atoms with Crippen LogP contribution in [0.1, 0.15) is 103 Å². The van der Waals surface area contributed by atoms with Crippen LogP contribution in [0.4, 0.5) is 0 Å². The Morgan fingerprint density at radius 2 is 1.40 bits per heavy atom. The molecule has 1 aromatic rings. The predicted molar refractivity (Wildman–Crippen MR) is 144 cm³/mol. The molecule has 0 radical (unpaired) electrons. The Labute approximate surface area is 213 Å². The molecular weight excluding hydrogens is 432 g/mol. The fourth-order valence-corrected chi connectivity index (χ4v) is 5.55. The summed E-state index contributed by atoms with van der Waals surface area (Å²) >= 11 is 0. The molecule has 2 aliphatic rings. The monoisotopic (exact) mass is 478 g/mol. The molecule has 4 nitrogen and oxygen atoms in total. The Bertz CT molecular complexity index is 847. The number of carbonyl (C=O) groups excluding carboxylic acids is 2. The number of hydrazine groups is 1. The topological polar surface area (TPSA) is 40.6 Å². The van der Waals surface area contributed by atoms with Gasteiger partial charge in [0, 0.05) is 13.1 Å². The first-order chi connectivity index (χ1) is 17.1. The molecule has 35 heavy (non-hydrogen) atoms. The summed E-state index contributed by atoms with van der Waals surface area (Å²) < 4.78 is 0. The summed E-state index contributed by atoms with van der Waals surface area (Å²) in [6, 6.07) is 10.2. The zero-order valence-corrected chi connectivity index (χ0v) is 22.1. The van der Waals surface area contributed by atoms with Crippen molar-refractivity contribution in [2.45, 2.75) is 104 Å². The summed E-state index contributed by atoms with van der Waals surface area (Å²) in [5.74, 6) is -0.525. The molecule has 2 unspecified atom stereocenters. The van der Waals surface area contributed by atoms with Crippen LogP contribution in [-0.4, -0.2) is 28.4 Å². The highest BCUT2D eigenvalue weighted by Gasteiger charge is 2.58. The number of unbranched alkanes of at least 4 members (excludes halogenated alkanes) is 11. The van der Waals surface area contributed by atoms with Crippen LogP contribution in [0.2, 0.25) is 0 Å². The minimum absolute atomic E-state index is 0.0644. The summed E-state index contributed by atoms with van der Waals surface area (Å²) in [7, 11) is 0. The van der Waals surface area contributed by atoms with Crippen molar-refractivity contribution in [3.63, 3.8) is 0 Å². The van der Waals surface area contributed by atoms with Crippen LogP contribution >= 0.6 is 0 Å². The number of imide groups is 1. The molecule has 4 heteroatoms. The minimum atomic E-state index is -0.725. The number of amides is 2. The average molecular weight is 479 g/mol. The van der Waals surface area contributed by atoms with Gasteiger partial charge in [-0.2, -0.15) is 0 Å². The molecule has 1 saturated heterocycles. The van der Waals surface area contributed by atoms with Crippen molar-refractivity contribution >= 4 is 11.8 Å². The fraction of sp³-hybridized carbons (Fsp3) is 0.613. The standard InChI is InChI=1S/C31H46N2O2/c1-3-5-6-7-8-9-10-11-12-13-14-20-25-32(26-27-21-16-15-17-22-27)33-29(34)28-23-18-19-24-31(28,4-2)30(33)35/h15-19,21-24,28H,3-14,20,25-26H2,1-2H3. The van der Waals surface area contributed by atoms with Gasteiger partial charge in [-0.1, -0.05) is 139 Å². The molecular formula is C31H46N2O2. The zero-order valence-electron chi connectivity index (χ0n) is 22.1. The van der Waals surface area contributed by atoms with Crippen molar-refractivity contribution < 1.29 is 9.59 Å². The van der Waals surface area contributed by atoms with Gasteiger partial charge in [-0.15, -0.1) is 0 Å². The Morgan fingerprint density at radius 3 is 1.97 bits per heavy atom. The van der Waals surface area contributed by atoms with E-state index in [1.807, 2.05) is 54.4 Å². The Balaban J connectivity index is 1.50. The van der Waals surface area contributed by atoms with Crippen LogP contribution in [0.15, 0.2) is 54.6 Å². The highest BCUT2D eigenvalue weighted by atomic mass is 16.2. The summed E-state index contributed by atoms with van der Waals surface area (Å²) in [6.45, 7) is 5.59. The molecule has 0 aromatic heterocycles. The van der Waals surface area contributed by atoms with E-state index >= 15 is 0 Å². The molecule has 1 aromatic carbocycles. The molecule has 0 N–H and O–H groups in total. The fourth-order valence-electron chi connectivity index (χ4n) is 5.55. The lowest BCUT2D eigenvalue weighted by Gasteiger charge is -2.32. The van der Waals surface area contributed by atoms with Gasteiger partial charge in [0.2, 0.25) is 0 Å². The van der Waals surface area contributed by atoms with E-state index < -0.39 is 5.41 Å². The molecule has 0 spiro atoms. The molecule has 0 bridgehead atoms. The van der Waals surface area contributed by atoms with Gasteiger partial charge in [0.05, 0.1) is 11.3 Å². The van der Waals surface area contributed by atoms with E-state index in [1.165, 1.54) is 69.2 Å². The third kappa shape index (κ3) is 7.16. The number of benzene rings is 1. The van der Waals surface area contributed by atoms with Crippen molar-refractivity contribution in [1.82, 2.24) is 10.0 Å². The van der Waals surface area contributed by atoms with Crippen LogP contribution in [0.3, 0.4) is 0 Å². The van der Waals surface area contributed by atoms with Crippen molar-refractivity contribution in [2.75, 3.05) is 6.54 Å². The maximum atomic E-state index is 13.6. The second kappa shape index (κ2) is 14.4. The van der Waals surface area contributed by atoms with Crippen LogP contribution < -0.4 is 0 Å². The van der Waals surface area contributed by atoms with E-state index in [2.05, 4.69) is 19.1 Å².